The molecule has 1 fully saturated rings. The van der Waals surface area contributed by atoms with Gasteiger partial charge < -0.3 is 30.4 Å². The number of nitrogen functional groups attached to an aromatic ring is 1. The molecule has 0 spiro atoms. The van der Waals surface area contributed by atoms with Crippen molar-refractivity contribution in [2.45, 2.75) is 32.4 Å². The van der Waals surface area contributed by atoms with E-state index in [1.165, 1.54) is 4.90 Å². The molecule has 0 radical (unpaired) electrons. The first kappa shape index (κ1) is 21.8. The summed E-state index contributed by atoms with van der Waals surface area (Å²) in [5, 5.41) is 10.7. The Bertz CT molecular complexity index is 1120. The molecule has 0 saturated carbocycles. The zero-order valence-electron chi connectivity index (χ0n) is 18.7. The third-order valence-corrected chi connectivity index (χ3v) is 5.98. The van der Waals surface area contributed by atoms with Gasteiger partial charge in [0.15, 0.2) is 0 Å². The maximum absolute atomic E-state index is 11.9. The highest BCUT2D eigenvalue weighted by molar-refractivity contribution is 6.02. The molecule has 10 nitrogen and oxygen atoms in total. The molecule has 1 amide bonds. The number of aromatic nitrogens is 4. The zero-order chi connectivity index (χ0) is 23.0. The summed E-state index contributed by atoms with van der Waals surface area (Å²) in [5.74, 6) is 0.231. The molecule has 2 atom stereocenters. The molecule has 1 saturated heterocycles. The van der Waals surface area contributed by atoms with Crippen LogP contribution in [0.1, 0.15) is 20.8 Å². The molecular formula is C22H29N7O3. The number of rotatable bonds is 5. The number of pyridine rings is 1. The number of nitrogens with zero attached hydrogens (tertiary/aromatic N) is 5. The summed E-state index contributed by atoms with van der Waals surface area (Å²) in [6.07, 6.45) is 4.24. The van der Waals surface area contributed by atoms with Crippen LogP contribution in [0.15, 0.2) is 30.7 Å². The minimum absolute atomic E-state index is 0.0237. The number of amides is 1. The quantitative estimate of drug-likeness (QED) is 0.553. The van der Waals surface area contributed by atoms with E-state index in [0.717, 1.165) is 22.3 Å². The maximum atomic E-state index is 11.9. The van der Waals surface area contributed by atoms with Crippen LogP contribution in [0.2, 0.25) is 0 Å². The number of carbonyl (C=O) groups is 1. The smallest absolute Gasteiger partial charge is 0.407 e. The number of aromatic amines is 1. The van der Waals surface area contributed by atoms with E-state index in [9.17, 15) is 9.90 Å². The number of ether oxygens (including phenoxy) is 1. The molecule has 3 aromatic heterocycles. The first-order chi connectivity index (χ1) is 15.2. The molecule has 3 aromatic rings. The van der Waals surface area contributed by atoms with E-state index in [-0.39, 0.29) is 18.0 Å². The molecule has 32 heavy (non-hydrogen) atoms. The summed E-state index contributed by atoms with van der Waals surface area (Å²) in [5.41, 5.74) is 8.64. The second-order valence-electron chi connectivity index (χ2n) is 9.06. The van der Waals surface area contributed by atoms with Gasteiger partial charge in [0.05, 0.1) is 22.9 Å². The van der Waals surface area contributed by atoms with Crippen LogP contribution in [0.4, 0.5) is 16.4 Å². The SMILES string of the molecule is CO[C@H]1CN(c2ccnc3[nH]cc(-c4ccnc(N)n4)c23)C[C@@H]1CN(C(=O)O)C(C)(C)C. The van der Waals surface area contributed by atoms with Crippen LogP contribution in [0.3, 0.4) is 0 Å². The number of nitrogens with two attached hydrogens (primary N) is 1. The lowest BCUT2D eigenvalue weighted by atomic mass is 10.0. The van der Waals surface area contributed by atoms with Crippen molar-refractivity contribution < 1.29 is 14.6 Å². The average Bonchev–Trinajstić information content (AvgIpc) is 3.34. The van der Waals surface area contributed by atoms with Gasteiger partial charge in [0.2, 0.25) is 5.95 Å². The van der Waals surface area contributed by atoms with Gasteiger partial charge in [0.25, 0.3) is 0 Å². The second-order valence-corrected chi connectivity index (χ2v) is 9.06. The fraction of sp³-hybridized carbons (Fsp3) is 0.455. The molecule has 0 bridgehead atoms. The van der Waals surface area contributed by atoms with Gasteiger partial charge in [-0.2, -0.15) is 0 Å². The highest BCUT2D eigenvalue weighted by Crippen LogP contribution is 2.37. The Balaban J connectivity index is 1.69. The first-order valence-electron chi connectivity index (χ1n) is 10.5. The van der Waals surface area contributed by atoms with Crippen LogP contribution < -0.4 is 10.6 Å². The standard InChI is InChI=1S/C22H29N7O3/c1-22(2,3)29(21(30)31)11-13-10-28(12-17(13)32-4)16-6-8-24-19-18(16)14(9-26-19)15-5-7-25-20(23)27-15/h5-9,13,17H,10-12H2,1-4H3,(H,24,26)(H,30,31)(H2,23,25,27)/t13-,17+/m1/s1. The Labute approximate surface area is 186 Å². The topological polar surface area (TPSA) is 133 Å². The minimum Gasteiger partial charge on any atom is -0.465 e. The molecule has 4 heterocycles. The van der Waals surface area contributed by atoms with Gasteiger partial charge in [-0.1, -0.05) is 0 Å². The Morgan fingerprint density at radius 1 is 1.31 bits per heavy atom. The molecule has 4 rings (SSSR count). The van der Waals surface area contributed by atoms with Crippen molar-refractivity contribution in [2.75, 3.05) is 37.4 Å². The summed E-state index contributed by atoms with van der Waals surface area (Å²) in [4.78, 5) is 31.6. The van der Waals surface area contributed by atoms with Crippen molar-refractivity contribution >= 4 is 28.8 Å². The number of anilines is 2. The van der Waals surface area contributed by atoms with Crippen LogP contribution in [-0.2, 0) is 4.74 Å². The Hall–Kier alpha value is -3.40. The summed E-state index contributed by atoms with van der Waals surface area (Å²) >= 11 is 0. The highest BCUT2D eigenvalue weighted by Gasteiger charge is 2.38. The van der Waals surface area contributed by atoms with Gasteiger partial charge >= 0.3 is 6.09 Å². The first-order valence-corrected chi connectivity index (χ1v) is 10.5. The normalized spacial score (nSPS) is 18.9. The molecular weight excluding hydrogens is 410 g/mol. The fourth-order valence-electron chi connectivity index (χ4n) is 4.38. The maximum Gasteiger partial charge on any atom is 0.407 e. The third-order valence-electron chi connectivity index (χ3n) is 5.98. The zero-order valence-corrected chi connectivity index (χ0v) is 18.7. The molecule has 0 aliphatic carbocycles. The largest absolute Gasteiger partial charge is 0.465 e. The molecule has 0 aromatic carbocycles. The number of hydrogen-bond acceptors (Lipinski definition) is 7. The van der Waals surface area contributed by atoms with E-state index in [1.54, 1.807) is 19.5 Å². The summed E-state index contributed by atoms with van der Waals surface area (Å²) in [7, 11) is 1.68. The van der Waals surface area contributed by atoms with Crippen molar-refractivity contribution in [2.24, 2.45) is 5.92 Å². The molecule has 10 heteroatoms. The predicted molar refractivity (Wildman–Crippen MR) is 123 cm³/mol. The van der Waals surface area contributed by atoms with Crippen LogP contribution in [0.25, 0.3) is 22.3 Å². The van der Waals surface area contributed by atoms with Crippen molar-refractivity contribution in [3.63, 3.8) is 0 Å². The molecule has 0 unspecified atom stereocenters. The van der Waals surface area contributed by atoms with Crippen LogP contribution in [-0.4, -0.2) is 74.4 Å². The lowest BCUT2D eigenvalue weighted by Gasteiger charge is -2.36. The number of H-pyrrole nitrogens is 1. The van der Waals surface area contributed by atoms with Crippen molar-refractivity contribution in [3.05, 3.63) is 30.7 Å². The number of carboxylic acid groups (broad SMARTS) is 1. The highest BCUT2D eigenvalue weighted by atomic mass is 16.5. The molecule has 170 valence electrons. The summed E-state index contributed by atoms with van der Waals surface area (Å²) in [6, 6.07) is 3.78. The minimum atomic E-state index is -0.925. The van der Waals surface area contributed by atoms with Crippen LogP contribution in [0.5, 0.6) is 0 Å². The molecule has 1 aliphatic heterocycles. The van der Waals surface area contributed by atoms with Gasteiger partial charge in [-0.3, -0.25) is 0 Å². The van der Waals surface area contributed by atoms with Gasteiger partial charge in [-0.05, 0) is 32.9 Å². The Morgan fingerprint density at radius 3 is 2.72 bits per heavy atom. The Kier molecular flexibility index (Phi) is 5.64. The third kappa shape index (κ3) is 4.05. The second kappa shape index (κ2) is 8.27. The van der Waals surface area contributed by atoms with E-state index in [4.69, 9.17) is 10.5 Å². The van der Waals surface area contributed by atoms with E-state index < -0.39 is 11.6 Å². The van der Waals surface area contributed by atoms with E-state index in [1.807, 2.05) is 39.1 Å². The van der Waals surface area contributed by atoms with E-state index in [0.29, 0.717) is 25.3 Å². The Morgan fingerprint density at radius 2 is 2.06 bits per heavy atom. The lowest BCUT2D eigenvalue weighted by Crippen LogP contribution is -2.49. The predicted octanol–water partition coefficient (Wildman–Crippen LogP) is 2.83. The molecule has 1 aliphatic rings. The molecule has 4 N–H and O–H groups in total. The van der Waals surface area contributed by atoms with E-state index in [2.05, 4.69) is 24.8 Å². The summed E-state index contributed by atoms with van der Waals surface area (Å²) < 4.78 is 5.77. The average molecular weight is 440 g/mol. The number of hydrogen-bond donors (Lipinski definition) is 3. The lowest BCUT2D eigenvalue weighted by molar-refractivity contribution is 0.0440. The van der Waals surface area contributed by atoms with Crippen LogP contribution >= 0.6 is 0 Å². The van der Waals surface area contributed by atoms with Crippen LogP contribution in [0, 0.1) is 5.92 Å². The summed E-state index contributed by atoms with van der Waals surface area (Å²) in [6.45, 7) is 7.41. The van der Waals surface area contributed by atoms with E-state index >= 15 is 0 Å². The van der Waals surface area contributed by atoms with Gasteiger partial charge in [0.1, 0.15) is 5.65 Å². The number of methoxy groups -OCH3 is 1. The monoisotopic (exact) mass is 439 g/mol. The van der Waals surface area contributed by atoms with Crippen molar-refractivity contribution in [1.82, 2.24) is 24.8 Å². The number of fused-ring (bicyclic) bond motifs is 1. The number of nitrogens with one attached hydrogen (secondary N) is 1. The van der Waals surface area contributed by atoms with Gasteiger partial charge in [-0.25, -0.2) is 19.7 Å². The van der Waals surface area contributed by atoms with Crippen molar-refractivity contribution in [3.8, 4) is 11.3 Å². The van der Waals surface area contributed by atoms with Crippen molar-refractivity contribution in [1.29, 1.82) is 0 Å². The fourth-order valence-corrected chi connectivity index (χ4v) is 4.38. The van der Waals surface area contributed by atoms with Gasteiger partial charge in [-0.15, -0.1) is 0 Å². The van der Waals surface area contributed by atoms with Gasteiger partial charge in [0, 0.05) is 62.4 Å².